The fraction of sp³-hybridized carbons (Fsp3) is 0.733. The number of aryl methyl sites for hydroxylation is 1. The molecule has 5 nitrogen and oxygen atoms in total. The van der Waals surface area contributed by atoms with Gasteiger partial charge >= 0.3 is 0 Å². The Morgan fingerprint density at radius 3 is 2.35 bits per heavy atom. The molecule has 1 aliphatic rings. The van der Waals surface area contributed by atoms with Crippen LogP contribution in [0.3, 0.4) is 0 Å². The topological polar surface area (TPSA) is 44.3 Å². The van der Waals surface area contributed by atoms with Gasteiger partial charge < -0.3 is 15.1 Å². The van der Waals surface area contributed by atoms with Crippen LogP contribution < -0.4 is 10.2 Å². The summed E-state index contributed by atoms with van der Waals surface area (Å²) in [5, 5.41) is 3.21. The van der Waals surface area contributed by atoms with E-state index < -0.39 is 0 Å². The Labute approximate surface area is 122 Å². The molecule has 0 aliphatic carbocycles. The van der Waals surface area contributed by atoms with E-state index in [0.29, 0.717) is 0 Å². The maximum atomic E-state index is 4.80. The van der Waals surface area contributed by atoms with Gasteiger partial charge in [-0.25, -0.2) is 9.97 Å². The Balaban J connectivity index is 2.23. The molecule has 1 N–H and O–H groups in total. The van der Waals surface area contributed by atoms with Gasteiger partial charge in [0, 0.05) is 45.2 Å². The summed E-state index contributed by atoms with van der Waals surface area (Å²) in [6.45, 7) is 12.0. The zero-order chi connectivity index (χ0) is 14.5. The predicted octanol–water partition coefficient (Wildman–Crippen LogP) is 1.92. The van der Waals surface area contributed by atoms with Gasteiger partial charge in [0.1, 0.15) is 17.5 Å². The van der Waals surface area contributed by atoms with Gasteiger partial charge in [-0.05, 0) is 19.9 Å². The van der Waals surface area contributed by atoms with Crippen molar-refractivity contribution in [1.29, 1.82) is 0 Å². The van der Waals surface area contributed by atoms with Crippen molar-refractivity contribution in [2.75, 3.05) is 50.0 Å². The lowest BCUT2D eigenvalue weighted by Crippen LogP contribution is -2.46. The SMILES string of the molecule is CCCc1nc(NC)c(C)c(N2CCN(CC)CC2)n1. The zero-order valence-electron chi connectivity index (χ0n) is 13.2. The highest BCUT2D eigenvalue weighted by atomic mass is 15.3. The Morgan fingerprint density at radius 2 is 1.80 bits per heavy atom. The summed E-state index contributed by atoms with van der Waals surface area (Å²) in [4.78, 5) is 14.3. The van der Waals surface area contributed by atoms with Gasteiger partial charge in [0.05, 0.1) is 0 Å². The van der Waals surface area contributed by atoms with Crippen molar-refractivity contribution >= 4 is 11.6 Å². The Morgan fingerprint density at radius 1 is 1.10 bits per heavy atom. The number of aromatic nitrogens is 2. The number of anilines is 2. The minimum atomic E-state index is 0.941. The first-order valence-electron chi connectivity index (χ1n) is 7.72. The van der Waals surface area contributed by atoms with Crippen molar-refractivity contribution in [3.05, 3.63) is 11.4 Å². The van der Waals surface area contributed by atoms with Gasteiger partial charge in [0.2, 0.25) is 0 Å². The van der Waals surface area contributed by atoms with Crippen molar-refractivity contribution in [3.8, 4) is 0 Å². The molecule has 5 heteroatoms. The van der Waals surface area contributed by atoms with E-state index in [1.54, 1.807) is 0 Å². The number of hydrogen-bond donors (Lipinski definition) is 1. The van der Waals surface area contributed by atoms with E-state index in [9.17, 15) is 0 Å². The summed E-state index contributed by atoms with van der Waals surface area (Å²) in [7, 11) is 1.93. The summed E-state index contributed by atoms with van der Waals surface area (Å²) < 4.78 is 0. The maximum Gasteiger partial charge on any atom is 0.137 e. The summed E-state index contributed by atoms with van der Waals surface area (Å²) in [6, 6.07) is 0. The van der Waals surface area contributed by atoms with Crippen molar-refractivity contribution in [3.63, 3.8) is 0 Å². The number of nitrogens with zero attached hydrogens (tertiary/aromatic N) is 4. The van der Waals surface area contributed by atoms with Gasteiger partial charge in [-0.1, -0.05) is 13.8 Å². The first-order chi connectivity index (χ1) is 9.69. The predicted molar refractivity (Wildman–Crippen MR) is 84.6 cm³/mol. The number of likely N-dealkylation sites (N-methyl/N-ethyl adjacent to an activating group) is 1. The van der Waals surface area contributed by atoms with E-state index in [4.69, 9.17) is 4.98 Å². The smallest absolute Gasteiger partial charge is 0.137 e. The summed E-state index contributed by atoms with van der Waals surface area (Å²) in [6.07, 6.45) is 2.02. The highest BCUT2D eigenvalue weighted by molar-refractivity contribution is 5.58. The third-order valence-corrected chi connectivity index (χ3v) is 4.00. The molecule has 0 radical (unpaired) electrons. The van der Waals surface area contributed by atoms with Crippen LogP contribution in [0.2, 0.25) is 0 Å². The monoisotopic (exact) mass is 277 g/mol. The van der Waals surface area contributed by atoms with E-state index >= 15 is 0 Å². The van der Waals surface area contributed by atoms with Crippen LogP contribution >= 0.6 is 0 Å². The van der Waals surface area contributed by atoms with Crippen LogP contribution in [0.15, 0.2) is 0 Å². The molecule has 1 aromatic rings. The lowest BCUT2D eigenvalue weighted by Gasteiger charge is -2.35. The molecule has 0 aromatic carbocycles. The first kappa shape index (κ1) is 15.0. The van der Waals surface area contributed by atoms with Crippen molar-refractivity contribution < 1.29 is 0 Å². The molecule has 2 rings (SSSR count). The number of rotatable bonds is 5. The maximum absolute atomic E-state index is 4.80. The molecule has 2 heterocycles. The lowest BCUT2D eigenvalue weighted by molar-refractivity contribution is 0.270. The molecule has 0 atom stereocenters. The molecule has 0 saturated carbocycles. The largest absolute Gasteiger partial charge is 0.373 e. The van der Waals surface area contributed by atoms with Crippen molar-refractivity contribution in [1.82, 2.24) is 14.9 Å². The summed E-state index contributed by atoms with van der Waals surface area (Å²) in [5.74, 6) is 3.04. The van der Waals surface area contributed by atoms with Gasteiger partial charge in [-0.15, -0.1) is 0 Å². The quantitative estimate of drug-likeness (QED) is 0.891. The second-order valence-electron chi connectivity index (χ2n) is 5.36. The fourth-order valence-corrected chi connectivity index (χ4v) is 2.71. The Bertz CT molecular complexity index is 438. The minimum absolute atomic E-state index is 0.941. The Kier molecular flexibility index (Phi) is 5.17. The van der Waals surface area contributed by atoms with Crippen LogP contribution in [-0.2, 0) is 6.42 Å². The van der Waals surface area contributed by atoms with E-state index in [2.05, 4.69) is 40.9 Å². The fourth-order valence-electron chi connectivity index (χ4n) is 2.71. The third kappa shape index (κ3) is 3.20. The minimum Gasteiger partial charge on any atom is -0.373 e. The third-order valence-electron chi connectivity index (χ3n) is 4.00. The van der Waals surface area contributed by atoms with Crippen LogP contribution in [0.1, 0.15) is 31.7 Å². The Hall–Kier alpha value is -1.36. The van der Waals surface area contributed by atoms with Crippen molar-refractivity contribution in [2.24, 2.45) is 0 Å². The first-order valence-corrected chi connectivity index (χ1v) is 7.72. The number of piperazine rings is 1. The molecule has 1 aliphatic heterocycles. The normalized spacial score (nSPS) is 16.5. The summed E-state index contributed by atoms with van der Waals surface area (Å²) in [5.41, 5.74) is 1.16. The highest BCUT2D eigenvalue weighted by Crippen LogP contribution is 2.24. The van der Waals surface area contributed by atoms with Gasteiger partial charge in [-0.3, -0.25) is 0 Å². The molecular weight excluding hydrogens is 250 g/mol. The zero-order valence-corrected chi connectivity index (χ0v) is 13.2. The van der Waals surface area contributed by atoms with Crippen LogP contribution in [-0.4, -0.2) is 54.6 Å². The average molecular weight is 277 g/mol. The van der Waals surface area contributed by atoms with Crippen LogP contribution in [0.25, 0.3) is 0 Å². The van der Waals surface area contributed by atoms with E-state index in [0.717, 1.165) is 68.6 Å². The van der Waals surface area contributed by atoms with Gasteiger partial charge in [-0.2, -0.15) is 0 Å². The molecule has 0 amide bonds. The van der Waals surface area contributed by atoms with Crippen LogP contribution in [0, 0.1) is 6.92 Å². The second-order valence-corrected chi connectivity index (χ2v) is 5.36. The number of nitrogens with one attached hydrogen (secondary N) is 1. The molecule has 0 bridgehead atoms. The number of hydrogen-bond acceptors (Lipinski definition) is 5. The molecule has 1 saturated heterocycles. The van der Waals surface area contributed by atoms with E-state index in [1.165, 1.54) is 0 Å². The molecule has 20 heavy (non-hydrogen) atoms. The molecule has 1 aromatic heterocycles. The van der Waals surface area contributed by atoms with Crippen LogP contribution in [0.5, 0.6) is 0 Å². The molecule has 112 valence electrons. The standard InChI is InChI=1S/C15H27N5/c1-5-7-13-17-14(16-4)12(3)15(18-13)20-10-8-19(6-2)9-11-20/h5-11H2,1-4H3,(H,16,17,18). The lowest BCUT2D eigenvalue weighted by atomic mass is 10.2. The molecule has 1 fully saturated rings. The highest BCUT2D eigenvalue weighted by Gasteiger charge is 2.20. The van der Waals surface area contributed by atoms with Gasteiger partial charge in [0.15, 0.2) is 0 Å². The molecule has 0 spiro atoms. The second kappa shape index (κ2) is 6.88. The molecule has 0 unspecified atom stereocenters. The van der Waals surface area contributed by atoms with Crippen LogP contribution in [0.4, 0.5) is 11.6 Å². The van der Waals surface area contributed by atoms with Gasteiger partial charge in [0.25, 0.3) is 0 Å². The van der Waals surface area contributed by atoms with E-state index in [-0.39, 0.29) is 0 Å². The van der Waals surface area contributed by atoms with E-state index in [1.807, 2.05) is 7.05 Å². The van der Waals surface area contributed by atoms with Crippen molar-refractivity contribution in [2.45, 2.75) is 33.6 Å². The average Bonchev–Trinajstić information content (AvgIpc) is 2.49. The molecular formula is C15H27N5. The summed E-state index contributed by atoms with van der Waals surface area (Å²) >= 11 is 0.